The van der Waals surface area contributed by atoms with Gasteiger partial charge in [-0.1, -0.05) is 28.9 Å². The van der Waals surface area contributed by atoms with Crippen LogP contribution < -0.4 is 5.32 Å². The minimum atomic E-state index is -0.140. The number of nitrogens with one attached hydrogen (secondary N) is 1. The highest BCUT2D eigenvalue weighted by molar-refractivity contribution is 6.30. The number of hydrogen-bond donors (Lipinski definition) is 1. The molecule has 0 atom stereocenters. The van der Waals surface area contributed by atoms with E-state index in [9.17, 15) is 9.59 Å². The Bertz CT molecular complexity index is 984. The van der Waals surface area contributed by atoms with Crippen molar-refractivity contribution >= 4 is 23.4 Å². The van der Waals surface area contributed by atoms with Crippen LogP contribution in [0.1, 0.15) is 28.2 Å². The minimum absolute atomic E-state index is 0.0355. The summed E-state index contributed by atoms with van der Waals surface area (Å²) in [7, 11) is 3.33. The Labute approximate surface area is 173 Å². The van der Waals surface area contributed by atoms with Gasteiger partial charge in [0.1, 0.15) is 0 Å². The summed E-state index contributed by atoms with van der Waals surface area (Å²) in [5.74, 6) is 0.699. The molecule has 1 aromatic heterocycles. The second-order valence-corrected chi connectivity index (χ2v) is 6.98. The van der Waals surface area contributed by atoms with Gasteiger partial charge >= 0.3 is 0 Å². The maximum Gasteiger partial charge on any atom is 0.251 e. The van der Waals surface area contributed by atoms with Crippen LogP contribution in [0.2, 0.25) is 5.02 Å². The van der Waals surface area contributed by atoms with Gasteiger partial charge in [-0.05, 0) is 42.0 Å². The van der Waals surface area contributed by atoms with Gasteiger partial charge in [0.25, 0.3) is 5.91 Å². The van der Waals surface area contributed by atoms with E-state index in [0.717, 1.165) is 11.1 Å². The van der Waals surface area contributed by atoms with E-state index in [1.165, 1.54) is 0 Å². The largest absolute Gasteiger partial charge is 0.355 e. The van der Waals surface area contributed by atoms with Crippen molar-refractivity contribution < 1.29 is 14.1 Å². The molecule has 150 valence electrons. The van der Waals surface area contributed by atoms with E-state index in [1.807, 2.05) is 24.3 Å². The Kier molecular flexibility index (Phi) is 6.61. The van der Waals surface area contributed by atoms with Crippen LogP contribution in [0, 0.1) is 0 Å². The number of benzene rings is 2. The zero-order valence-corrected chi connectivity index (χ0v) is 16.9. The van der Waals surface area contributed by atoms with E-state index in [4.69, 9.17) is 16.1 Å². The standard InChI is InChI=1S/C21H21ClN4O3/c1-23-21(28)16-5-3-14(4-6-16)13-26(2)19(27)12-11-18-24-20(25-29-18)15-7-9-17(22)10-8-15/h3-10H,11-13H2,1-2H3,(H,23,28). The van der Waals surface area contributed by atoms with Crippen molar-refractivity contribution in [2.75, 3.05) is 14.1 Å². The third kappa shape index (κ3) is 5.42. The maximum atomic E-state index is 12.4. The molecule has 3 aromatic rings. The number of amides is 2. The molecule has 0 aliphatic rings. The van der Waals surface area contributed by atoms with Crippen LogP contribution in [0.4, 0.5) is 0 Å². The summed E-state index contributed by atoms with van der Waals surface area (Å²) in [6, 6.07) is 14.3. The first-order valence-corrected chi connectivity index (χ1v) is 9.47. The molecule has 1 heterocycles. The molecule has 8 heteroatoms. The van der Waals surface area contributed by atoms with Crippen molar-refractivity contribution in [3.8, 4) is 11.4 Å². The molecule has 2 amide bonds. The second-order valence-electron chi connectivity index (χ2n) is 6.54. The summed E-state index contributed by atoms with van der Waals surface area (Å²) in [6.45, 7) is 0.451. The van der Waals surface area contributed by atoms with E-state index in [-0.39, 0.29) is 18.2 Å². The highest BCUT2D eigenvalue weighted by atomic mass is 35.5. The van der Waals surface area contributed by atoms with Crippen LogP contribution in [0.25, 0.3) is 11.4 Å². The lowest BCUT2D eigenvalue weighted by Crippen LogP contribution is -2.26. The van der Waals surface area contributed by atoms with Crippen molar-refractivity contribution in [1.82, 2.24) is 20.4 Å². The van der Waals surface area contributed by atoms with Gasteiger partial charge in [0, 0.05) is 49.6 Å². The molecule has 0 fully saturated rings. The van der Waals surface area contributed by atoms with Gasteiger partial charge in [-0.2, -0.15) is 4.98 Å². The van der Waals surface area contributed by atoms with Gasteiger partial charge in [-0.15, -0.1) is 0 Å². The summed E-state index contributed by atoms with van der Waals surface area (Å²) >= 11 is 5.88. The molecule has 0 spiro atoms. The summed E-state index contributed by atoms with van der Waals surface area (Å²) in [5, 5.41) is 7.16. The second kappa shape index (κ2) is 9.34. The van der Waals surface area contributed by atoms with Crippen LogP contribution in [0.15, 0.2) is 53.1 Å². The molecule has 29 heavy (non-hydrogen) atoms. The van der Waals surface area contributed by atoms with Crippen LogP contribution in [-0.4, -0.2) is 41.0 Å². The zero-order valence-electron chi connectivity index (χ0n) is 16.2. The lowest BCUT2D eigenvalue weighted by Gasteiger charge is -2.17. The number of rotatable bonds is 7. The Morgan fingerprint density at radius 1 is 1.10 bits per heavy atom. The lowest BCUT2D eigenvalue weighted by molar-refractivity contribution is -0.130. The fourth-order valence-corrected chi connectivity index (χ4v) is 2.87. The number of halogens is 1. The molecule has 0 radical (unpaired) electrons. The monoisotopic (exact) mass is 412 g/mol. The predicted molar refractivity (Wildman–Crippen MR) is 109 cm³/mol. The summed E-state index contributed by atoms with van der Waals surface area (Å²) in [4.78, 5) is 30.0. The number of carbonyl (C=O) groups excluding carboxylic acids is 2. The number of aryl methyl sites for hydroxylation is 1. The smallest absolute Gasteiger partial charge is 0.251 e. The SMILES string of the molecule is CNC(=O)c1ccc(CN(C)C(=O)CCc2nc(-c3ccc(Cl)cc3)no2)cc1. The molecule has 2 aromatic carbocycles. The Balaban J connectivity index is 1.52. The normalized spacial score (nSPS) is 10.6. The first-order valence-electron chi connectivity index (χ1n) is 9.10. The van der Waals surface area contributed by atoms with Gasteiger partial charge in [-0.3, -0.25) is 9.59 Å². The predicted octanol–water partition coefficient (Wildman–Crippen LogP) is 3.34. The summed E-state index contributed by atoms with van der Waals surface area (Å²) < 4.78 is 5.24. The van der Waals surface area contributed by atoms with E-state index in [1.54, 1.807) is 43.3 Å². The first kappa shape index (κ1) is 20.5. The summed E-state index contributed by atoms with van der Waals surface area (Å²) in [5.41, 5.74) is 2.32. The molecular formula is C21H21ClN4O3. The van der Waals surface area contributed by atoms with Crippen molar-refractivity contribution in [3.63, 3.8) is 0 Å². The van der Waals surface area contributed by atoms with E-state index >= 15 is 0 Å². The summed E-state index contributed by atoms with van der Waals surface area (Å²) in [6.07, 6.45) is 0.619. The number of hydrogen-bond acceptors (Lipinski definition) is 5. The Morgan fingerprint density at radius 3 is 2.45 bits per heavy atom. The topological polar surface area (TPSA) is 88.3 Å². The molecular weight excluding hydrogens is 392 g/mol. The van der Waals surface area contributed by atoms with Gasteiger partial charge in [0.05, 0.1) is 0 Å². The third-order valence-electron chi connectivity index (χ3n) is 4.41. The average Bonchev–Trinajstić information content (AvgIpc) is 3.21. The first-order chi connectivity index (χ1) is 14.0. The maximum absolute atomic E-state index is 12.4. The van der Waals surface area contributed by atoms with Crippen molar-refractivity contribution in [3.05, 3.63) is 70.6 Å². The fourth-order valence-electron chi connectivity index (χ4n) is 2.75. The molecule has 0 bridgehead atoms. The Hall–Kier alpha value is -3.19. The molecule has 0 saturated heterocycles. The number of aromatic nitrogens is 2. The molecule has 3 rings (SSSR count). The lowest BCUT2D eigenvalue weighted by atomic mass is 10.1. The van der Waals surface area contributed by atoms with E-state index in [2.05, 4.69) is 15.5 Å². The third-order valence-corrected chi connectivity index (χ3v) is 4.66. The van der Waals surface area contributed by atoms with Gasteiger partial charge < -0.3 is 14.7 Å². The average molecular weight is 413 g/mol. The van der Waals surface area contributed by atoms with Gasteiger partial charge in [-0.25, -0.2) is 0 Å². The van der Waals surface area contributed by atoms with Crippen LogP contribution in [0.3, 0.4) is 0 Å². The van der Waals surface area contributed by atoms with Gasteiger partial charge in [0.2, 0.25) is 17.6 Å². The van der Waals surface area contributed by atoms with Gasteiger partial charge in [0.15, 0.2) is 0 Å². The van der Waals surface area contributed by atoms with Crippen LogP contribution >= 0.6 is 11.6 Å². The molecule has 0 saturated carbocycles. The molecule has 0 unspecified atom stereocenters. The Morgan fingerprint density at radius 2 is 1.79 bits per heavy atom. The van der Waals surface area contributed by atoms with Crippen molar-refractivity contribution in [1.29, 1.82) is 0 Å². The fraction of sp³-hybridized carbons (Fsp3) is 0.238. The number of carbonyl (C=O) groups is 2. The van der Waals surface area contributed by atoms with Crippen molar-refractivity contribution in [2.24, 2.45) is 0 Å². The highest BCUT2D eigenvalue weighted by Crippen LogP contribution is 2.19. The molecule has 1 N–H and O–H groups in total. The highest BCUT2D eigenvalue weighted by Gasteiger charge is 2.14. The van der Waals surface area contributed by atoms with E-state index < -0.39 is 0 Å². The molecule has 0 aliphatic heterocycles. The minimum Gasteiger partial charge on any atom is -0.355 e. The molecule has 0 aliphatic carbocycles. The quantitative estimate of drug-likeness (QED) is 0.643. The van der Waals surface area contributed by atoms with Crippen LogP contribution in [0.5, 0.6) is 0 Å². The van der Waals surface area contributed by atoms with Crippen molar-refractivity contribution in [2.45, 2.75) is 19.4 Å². The molecule has 7 nitrogen and oxygen atoms in total. The van der Waals surface area contributed by atoms with Crippen LogP contribution in [-0.2, 0) is 17.8 Å². The van der Waals surface area contributed by atoms with E-state index in [0.29, 0.717) is 35.3 Å². The number of nitrogens with zero attached hydrogens (tertiary/aromatic N) is 3. The zero-order chi connectivity index (χ0) is 20.8.